The number of hydrogen-bond acceptors (Lipinski definition) is 4. The third-order valence-electron chi connectivity index (χ3n) is 9.42. The van der Waals surface area contributed by atoms with Gasteiger partial charge in [-0.2, -0.15) is 0 Å². The van der Waals surface area contributed by atoms with Crippen molar-refractivity contribution in [3.63, 3.8) is 0 Å². The van der Waals surface area contributed by atoms with Gasteiger partial charge in [0, 0.05) is 11.0 Å². The molecule has 1 heterocycles. The summed E-state index contributed by atoms with van der Waals surface area (Å²) in [4.78, 5) is 0. The van der Waals surface area contributed by atoms with Gasteiger partial charge in [-0.3, -0.25) is 0 Å². The Hall–Kier alpha value is -1.10. The molecule has 3 N–H and O–H groups in total. The van der Waals surface area contributed by atoms with Gasteiger partial charge < -0.3 is 19.7 Å². The molecule has 0 spiro atoms. The molecular formula is C23H32O4. The minimum absolute atomic E-state index is 0.0789. The first-order chi connectivity index (χ1) is 12.7. The van der Waals surface area contributed by atoms with Crippen molar-refractivity contribution >= 4 is 0 Å². The normalized spacial score (nSPS) is 51.9. The molecule has 0 aromatic carbocycles. The largest absolute Gasteiger partial charge is 0.472 e. The highest BCUT2D eigenvalue weighted by Gasteiger charge is 2.71. The zero-order valence-corrected chi connectivity index (χ0v) is 16.4. The lowest BCUT2D eigenvalue weighted by Crippen LogP contribution is -2.63. The predicted octanol–water partition coefficient (Wildman–Crippen LogP) is 3.91. The average molecular weight is 373 g/mol. The number of aliphatic hydroxyl groups is 3. The van der Waals surface area contributed by atoms with Crippen LogP contribution in [0.5, 0.6) is 0 Å². The van der Waals surface area contributed by atoms with E-state index in [0.717, 1.165) is 44.1 Å². The fraction of sp³-hybridized carbons (Fsp3) is 0.739. The van der Waals surface area contributed by atoms with Crippen molar-refractivity contribution in [2.24, 2.45) is 22.7 Å². The Morgan fingerprint density at radius 1 is 1.00 bits per heavy atom. The minimum atomic E-state index is -1.03. The molecule has 3 fully saturated rings. The molecular weight excluding hydrogens is 340 g/mol. The molecule has 0 bridgehead atoms. The molecule has 27 heavy (non-hydrogen) atoms. The first-order valence-electron chi connectivity index (χ1n) is 10.6. The number of aliphatic hydroxyl groups excluding tert-OH is 1. The van der Waals surface area contributed by atoms with E-state index in [-0.39, 0.29) is 17.4 Å². The molecule has 0 aliphatic heterocycles. The molecule has 4 aliphatic carbocycles. The summed E-state index contributed by atoms with van der Waals surface area (Å²) in [5.74, 6) is 0.629. The van der Waals surface area contributed by atoms with E-state index in [1.54, 1.807) is 12.5 Å². The summed E-state index contributed by atoms with van der Waals surface area (Å²) in [5, 5.41) is 33.9. The summed E-state index contributed by atoms with van der Waals surface area (Å²) in [6.07, 6.45) is 11.8. The molecule has 3 saturated carbocycles. The summed E-state index contributed by atoms with van der Waals surface area (Å²) < 4.78 is 5.28. The lowest BCUT2D eigenvalue weighted by molar-refractivity contribution is -0.221. The van der Waals surface area contributed by atoms with E-state index in [0.29, 0.717) is 18.8 Å². The van der Waals surface area contributed by atoms with Crippen LogP contribution in [0.25, 0.3) is 0 Å². The molecule has 1 aromatic heterocycles. The standard InChI is InChI=1S/C23H32O4/c1-20-8-5-17(24)13-15(20)3-4-19-18(20)6-9-21(2)22(25,10-11-23(19,21)26)16-7-12-27-14-16/h7,12-14,17-19,24-26H,3-6,8-11H2,1-2H3/t17?,18-,19-,20+,21-,22?,23-/m1/s1. The van der Waals surface area contributed by atoms with Gasteiger partial charge in [0.2, 0.25) is 0 Å². The van der Waals surface area contributed by atoms with Gasteiger partial charge in [-0.1, -0.05) is 25.5 Å². The van der Waals surface area contributed by atoms with Gasteiger partial charge in [-0.15, -0.1) is 0 Å². The van der Waals surface area contributed by atoms with Gasteiger partial charge in [0.05, 0.1) is 24.2 Å². The number of rotatable bonds is 1. The Kier molecular flexibility index (Phi) is 3.65. The van der Waals surface area contributed by atoms with Crippen molar-refractivity contribution in [1.82, 2.24) is 0 Å². The lowest BCUT2D eigenvalue weighted by atomic mass is 9.44. The van der Waals surface area contributed by atoms with E-state index in [4.69, 9.17) is 4.42 Å². The maximum atomic E-state index is 12.1. The van der Waals surface area contributed by atoms with Crippen molar-refractivity contribution in [2.75, 3.05) is 0 Å². The summed E-state index contributed by atoms with van der Waals surface area (Å²) in [6, 6.07) is 1.86. The zero-order valence-electron chi connectivity index (χ0n) is 16.4. The first kappa shape index (κ1) is 18.0. The Labute approximate surface area is 161 Å². The Bertz CT molecular complexity index is 769. The highest BCUT2D eigenvalue weighted by atomic mass is 16.3. The third-order valence-corrected chi connectivity index (χ3v) is 9.42. The van der Waals surface area contributed by atoms with Crippen LogP contribution in [-0.2, 0) is 5.60 Å². The summed E-state index contributed by atoms with van der Waals surface area (Å²) in [7, 11) is 0. The van der Waals surface area contributed by atoms with Crippen LogP contribution < -0.4 is 0 Å². The van der Waals surface area contributed by atoms with Crippen LogP contribution in [0, 0.1) is 22.7 Å². The maximum Gasteiger partial charge on any atom is 0.101 e. The van der Waals surface area contributed by atoms with Gasteiger partial charge in [-0.05, 0) is 74.7 Å². The second-order valence-electron chi connectivity index (χ2n) is 10.1. The number of fused-ring (bicyclic) bond motifs is 5. The molecule has 0 saturated heterocycles. The SMILES string of the molecule is C[C@]12CCC(O)C=C1CC[C@@H]1[C@H]2CC[C@]2(C)C(O)(c3ccoc3)CC[C@@]12O. The monoisotopic (exact) mass is 372 g/mol. The number of allylic oxidation sites excluding steroid dienone is 1. The smallest absolute Gasteiger partial charge is 0.101 e. The van der Waals surface area contributed by atoms with E-state index >= 15 is 0 Å². The molecule has 0 amide bonds. The molecule has 4 aliphatic rings. The van der Waals surface area contributed by atoms with Crippen LogP contribution in [0.2, 0.25) is 0 Å². The highest BCUT2D eigenvalue weighted by Crippen LogP contribution is 2.71. The van der Waals surface area contributed by atoms with Gasteiger partial charge >= 0.3 is 0 Å². The molecule has 5 rings (SSSR count). The maximum absolute atomic E-state index is 12.1. The van der Waals surface area contributed by atoms with E-state index in [9.17, 15) is 15.3 Å². The number of hydrogen-bond donors (Lipinski definition) is 3. The first-order valence-corrected chi connectivity index (χ1v) is 10.6. The molecule has 2 unspecified atom stereocenters. The van der Waals surface area contributed by atoms with Gasteiger partial charge in [0.25, 0.3) is 0 Å². The van der Waals surface area contributed by atoms with Gasteiger partial charge in [0.1, 0.15) is 5.60 Å². The predicted molar refractivity (Wildman–Crippen MR) is 102 cm³/mol. The topological polar surface area (TPSA) is 73.8 Å². The van der Waals surface area contributed by atoms with Crippen molar-refractivity contribution in [1.29, 1.82) is 0 Å². The van der Waals surface area contributed by atoms with Gasteiger partial charge in [0.15, 0.2) is 0 Å². The highest BCUT2D eigenvalue weighted by molar-refractivity contribution is 5.33. The molecule has 148 valence electrons. The fourth-order valence-electron chi connectivity index (χ4n) is 7.66. The van der Waals surface area contributed by atoms with Crippen molar-refractivity contribution in [2.45, 2.75) is 82.5 Å². The van der Waals surface area contributed by atoms with E-state index in [2.05, 4.69) is 19.9 Å². The van der Waals surface area contributed by atoms with Crippen LogP contribution in [0.15, 0.2) is 34.7 Å². The quantitative estimate of drug-likeness (QED) is 0.654. The lowest BCUT2D eigenvalue weighted by Gasteiger charge is -2.62. The Morgan fingerprint density at radius 3 is 2.56 bits per heavy atom. The summed E-state index contributed by atoms with van der Waals surface area (Å²) in [5.41, 5.74) is -0.154. The summed E-state index contributed by atoms with van der Waals surface area (Å²) in [6.45, 7) is 4.45. The van der Waals surface area contributed by atoms with Gasteiger partial charge in [-0.25, -0.2) is 0 Å². The van der Waals surface area contributed by atoms with Crippen LogP contribution >= 0.6 is 0 Å². The molecule has 1 aromatic rings. The molecule has 4 nitrogen and oxygen atoms in total. The van der Waals surface area contributed by atoms with E-state index < -0.39 is 16.6 Å². The van der Waals surface area contributed by atoms with Crippen LogP contribution in [0.4, 0.5) is 0 Å². The van der Waals surface area contributed by atoms with Crippen molar-refractivity contribution in [3.05, 3.63) is 35.8 Å². The molecule has 4 heteroatoms. The second-order valence-corrected chi connectivity index (χ2v) is 10.1. The molecule has 0 radical (unpaired) electrons. The summed E-state index contributed by atoms with van der Waals surface area (Å²) >= 11 is 0. The Morgan fingerprint density at radius 2 is 1.81 bits per heavy atom. The zero-order chi connectivity index (χ0) is 19.1. The second kappa shape index (κ2) is 5.49. The Balaban J connectivity index is 1.56. The van der Waals surface area contributed by atoms with Crippen molar-refractivity contribution in [3.8, 4) is 0 Å². The number of furan rings is 1. The van der Waals surface area contributed by atoms with E-state index in [1.807, 2.05) is 6.07 Å². The van der Waals surface area contributed by atoms with Crippen molar-refractivity contribution < 1.29 is 19.7 Å². The minimum Gasteiger partial charge on any atom is -0.472 e. The van der Waals surface area contributed by atoms with Crippen LogP contribution in [0.3, 0.4) is 0 Å². The fourth-order valence-corrected chi connectivity index (χ4v) is 7.66. The third kappa shape index (κ3) is 2.05. The molecule has 7 atom stereocenters. The average Bonchev–Trinajstić information content (AvgIpc) is 3.24. The van der Waals surface area contributed by atoms with Crippen LogP contribution in [-0.4, -0.2) is 27.0 Å². The van der Waals surface area contributed by atoms with Crippen LogP contribution in [0.1, 0.15) is 70.8 Å². The van der Waals surface area contributed by atoms with E-state index in [1.165, 1.54) is 5.57 Å².